The number of unbranched alkanes of at least 4 members (excludes halogenated alkanes) is 12. The number of rotatable bonds is 38. The lowest BCUT2D eigenvalue weighted by Gasteiger charge is -2.24. The quantitative estimate of drug-likeness (QED) is 0.0219. The van der Waals surface area contributed by atoms with Crippen LogP contribution in [0.1, 0.15) is 149 Å². The number of likely N-dealkylation sites (N-methyl/N-ethyl adjacent to an activating group) is 1. The molecule has 0 aliphatic rings. The van der Waals surface area contributed by atoms with Crippen molar-refractivity contribution in [1.82, 2.24) is 0 Å². The van der Waals surface area contributed by atoms with Crippen LogP contribution in [0, 0.1) is 0 Å². The number of ether oxygens (including phenoxy) is 2. The highest BCUT2D eigenvalue weighted by Crippen LogP contribution is 2.43. The van der Waals surface area contributed by atoms with Gasteiger partial charge in [-0.05, 0) is 77.0 Å². The standard InChI is InChI=1S/C45H80NO7P/c1-6-8-10-12-14-16-18-20-22-23-24-25-26-28-30-32-34-36-38-45(47)53-44(43-52-54(48,49)51-41-39-46(3,4)5)42-50-40-37-35-33-31-29-27-21-19-17-15-13-11-9-7-2/h9,11,15-18,21-23,27,31,33,44H,6-8,10,12-14,19-20,24-26,28-30,32,34-43H2,1-5H3/p+1/b11-9-,17-15-,18-16-,23-22-,27-21-,33-31-. The molecule has 0 aliphatic heterocycles. The van der Waals surface area contributed by atoms with Crippen LogP contribution >= 0.6 is 7.82 Å². The van der Waals surface area contributed by atoms with Gasteiger partial charge < -0.3 is 18.9 Å². The lowest BCUT2D eigenvalue weighted by atomic mass is 10.1. The summed E-state index contributed by atoms with van der Waals surface area (Å²) in [6, 6.07) is 0. The van der Waals surface area contributed by atoms with Gasteiger partial charge in [0, 0.05) is 13.0 Å². The number of hydrogen-bond acceptors (Lipinski definition) is 6. The maximum atomic E-state index is 12.7. The zero-order chi connectivity index (χ0) is 39.9. The van der Waals surface area contributed by atoms with Crippen molar-refractivity contribution in [3.63, 3.8) is 0 Å². The summed E-state index contributed by atoms with van der Waals surface area (Å²) in [6.07, 6.45) is 48.0. The minimum Gasteiger partial charge on any atom is -0.457 e. The van der Waals surface area contributed by atoms with Gasteiger partial charge in [-0.15, -0.1) is 0 Å². The SMILES string of the molecule is CC/C=C\C/C=C\C/C=C\C/C=C\CCCOCC(COP(=O)(O)OCC[N+](C)(C)C)OC(=O)CCCCCCCCC/C=C\C/C=C\CCCCCC. The van der Waals surface area contributed by atoms with Crippen LogP contribution in [-0.2, 0) is 27.9 Å². The molecule has 0 fully saturated rings. The summed E-state index contributed by atoms with van der Waals surface area (Å²) in [5.74, 6) is -0.344. The van der Waals surface area contributed by atoms with Gasteiger partial charge >= 0.3 is 13.8 Å². The maximum absolute atomic E-state index is 12.7. The summed E-state index contributed by atoms with van der Waals surface area (Å²) in [7, 11) is 1.61. The predicted molar refractivity (Wildman–Crippen MR) is 228 cm³/mol. The van der Waals surface area contributed by atoms with Crippen molar-refractivity contribution in [3.05, 3.63) is 72.9 Å². The van der Waals surface area contributed by atoms with Gasteiger partial charge in [-0.25, -0.2) is 4.57 Å². The topological polar surface area (TPSA) is 91.3 Å². The molecule has 0 aromatic carbocycles. The second kappa shape index (κ2) is 37.8. The second-order valence-electron chi connectivity index (χ2n) is 15.0. The number of nitrogens with zero attached hydrogens (tertiary/aromatic N) is 1. The summed E-state index contributed by atoms with van der Waals surface area (Å²) >= 11 is 0. The van der Waals surface area contributed by atoms with E-state index in [0.717, 1.165) is 70.6 Å². The first kappa shape index (κ1) is 51.9. The molecule has 1 N–H and O–H groups in total. The van der Waals surface area contributed by atoms with E-state index >= 15 is 0 Å². The number of phosphoric ester groups is 1. The van der Waals surface area contributed by atoms with E-state index < -0.39 is 13.9 Å². The van der Waals surface area contributed by atoms with Crippen molar-refractivity contribution in [3.8, 4) is 0 Å². The van der Waals surface area contributed by atoms with E-state index in [4.69, 9.17) is 18.5 Å². The van der Waals surface area contributed by atoms with Crippen molar-refractivity contribution in [2.45, 2.75) is 155 Å². The Hall–Kier alpha value is -2.06. The van der Waals surface area contributed by atoms with Gasteiger partial charge in [-0.2, -0.15) is 0 Å². The molecule has 0 amide bonds. The Morgan fingerprint density at radius 2 is 1.07 bits per heavy atom. The van der Waals surface area contributed by atoms with Gasteiger partial charge in [0.15, 0.2) is 0 Å². The number of phosphoric acid groups is 1. The van der Waals surface area contributed by atoms with Crippen molar-refractivity contribution in [2.24, 2.45) is 0 Å². The fourth-order valence-corrected chi connectivity index (χ4v) is 5.97. The molecule has 0 aliphatic carbocycles. The third kappa shape index (κ3) is 41.1. The third-order valence-corrected chi connectivity index (χ3v) is 9.49. The second-order valence-corrected chi connectivity index (χ2v) is 16.4. The van der Waals surface area contributed by atoms with Gasteiger partial charge in [-0.3, -0.25) is 13.8 Å². The van der Waals surface area contributed by atoms with E-state index in [2.05, 4.69) is 86.8 Å². The molecule has 0 aromatic heterocycles. The van der Waals surface area contributed by atoms with E-state index in [1.807, 2.05) is 21.1 Å². The zero-order valence-electron chi connectivity index (χ0n) is 35.2. The molecular formula is C45H81NO7P+. The van der Waals surface area contributed by atoms with Crippen molar-refractivity contribution >= 4 is 13.8 Å². The highest BCUT2D eigenvalue weighted by molar-refractivity contribution is 7.47. The molecular weight excluding hydrogens is 697 g/mol. The Bertz CT molecular complexity index is 1090. The smallest absolute Gasteiger partial charge is 0.457 e. The van der Waals surface area contributed by atoms with E-state index in [1.54, 1.807) is 0 Å². The number of carbonyl (C=O) groups is 1. The van der Waals surface area contributed by atoms with Crippen LogP contribution in [0.2, 0.25) is 0 Å². The Balaban J connectivity index is 4.35. The van der Waals surface area contributed by atoms with Crippen LogP contribution in [0.15, 0.2) is 72.9 Å². The lowest BCUT2D eigenvalue weighted by Crippen LogP contribution is -2.37. The summed E-state index contributed by atoms with van der Waals surface area (Å²) in [5.41, 5.74) is 0. The average molecular weight is 779 g/mol. The number of carbonyl (C=O) groups excluding carboxylic acids is 1. The van der Waals surface area contributed by atoms with Crippen molar-refractivity contribution in [2.75, 3.05) is 54.1 Å². The largest absolute Gasteiger partial charge is 0.472 e. The van der Waals surface area contributed by atoms with E-state index in [9.17, 15) is 14.3 Å². The first-order chi connectivity index (χ1) is 26.1. The van der Waals surface area contributed by atoms with E-state index in [0.29, 0.717) is 24.1 Å². The molecule has 0 saturated carbocycles. The number of quaternary nitrogens is 1. The maximum Gasteiger partial charge on any atom is 0.472 e. The summed E-state index contributed by atoms with van der Waals surface area (Å²) in [6.45, 7) is 5.30. The van der Waals surface area contributed by atoms with Crippen LogP contribution in [0.3, 0.4) is 0 Å². The van der Waals surface area contributed by atoms with Gasteiger partial charge in [-0.1, -0.05) is 138 Å². The highest BCUT2D eigenvalue weighted by Gasteiger charge is 2.26. The highest BCUT2D eigenvalue weighted by atomic mass is 31.2. The molecule has 0 saturated heterocycles. The fourth-order valence-electron chi connectivity index (χ4n) is 5.23. The van der Waals surface area contributed by atoms with Crippen LogP contribution in [0.25, 0.3) is 0 Å². The Morgan fingerprint density at radius 1 is 0.593 bits per heavy atom. The third-order valence-electron chi connectivity index (χ3n) is 8.50. The zero-order valence-corrected chi connectivity index (χ0v) is 36.1. The van der Waals surface area contributed by atoms with Crippen LogP contribution < -0.4 is 0 Å². The summed E-state index contributed by atoms with van der Waals surface area (Å²) in [4.78, 5) is 22.9. The van der Waals surface area contributed by atoms with Gasteiger partial charge in [0.05, 0.1) is 34.4 Å². The molecule has 0 radical (unpaired) electrons. The summed E-state index contributed by atoms with van der Waals surface area (Å²) in [5, 5.41) is 0. The molecule has 0 spiro atoms. The molecule has 0 bridgehead atoms. The van der Waals surface area contributed by atoms with Crippen molar-refractivity contribution < 1.29 is 37.3 Å². The molecule has 2 unspecified atom stereocenters. The van der Waals surface area contributed by atoms with Gasteiger partial charge in [0.1, 0.15) is 19.3 Å². The Kier molecular flexibility index (Phi) is 36.4. The number of esters is 1. The molecule has 0 heterocycles. The lowest BCUT2D eigenvalue weighted by molar-refractivity contribution is -0.870. The van der Waals surface area contributed by atoms with Crippen LogP contribution in [-0.4, -0.2) is 75.6 Å². The molecule has 0 rings (SSSR count). The first-order valence-electron chi connectivity index (χ1n) is 21.2. The minimum absolute atomic E-state index is 0.0732. The van der Waals surface area contributed by atoms with Crippen LogP contribution in [0.4, 0.5) is 0 Å². The molecule has 312 valence electrons. The fraction of sp³-hybridized carbons (Fsp3) is 0.711. The number of allylic oxidation sites excluding steroid dienone is 12. The Labute approximate surface area is 332 Å². The Morgan fingerprint density at radius 3 is 1.61 bits per heavy atom. The normalized spacial score (nSPS) is 14.6. The molecule has 2 atom stereocenters. The monoisotopic (exact) mass is 779 g/mol. The van der Waals surface area contributed by atoms with Crippen molar-refractivity contribution in [1.29, 1.82) is 0 Å². The average Bonchev–Trinajstić information content (AvgIpc) is 3.12. The van der Waals surface area contributed by atoms with E-state index in [-0.39, 0.29) is 25.8 Å². The summed E-state index contributed by atoms with van der Waals surface area (Å²) < 4.78 is 34.8. The van der Waals surface area contributed by atoms with Crippen LogP contribution in [0.5, 0.6) is 0 Å². The molecule has 54 heavy (non-hydrogen) atoms. The molecule has 0 aromatic rings. The molecule has 8 nitrogen and oxygen atoms in total. The minimum atomic E-state index is -4.29. The van der Waals surface area contributed by atoms with E-state index in [1.165, 1.54) is 57.8 Å². The van der Waals surface area contributed by atoms with Gasteiger partial charge in [0.25, 0.3) is 0 Å². The predicted octanol–water partition coefficient (Wildman–Crippen LogP) is 12.3. The molecule has 9 heteroatoms. The number of hydrogen-bond donors (Lipinski definition) is 1. The van der Waals surface area contributed by atoms with Gasteiger partial charge in [0.2, 0.25) is 0 Å². The first-order valence-corrected chi connectivity index (χ1v) is 22.7.